The molecule has 2 aromatic carbocycles. The second-order valence-electron chi connectivity index (χ2n) is 5.43. The van der Waals surface area contributed by atoms with Gasteiger partial charge in [0, 0.05) is 11.6 Å². The van der Waals surface area contributed by atoms with E-state index in [4.69, 9.17) is 16.3 Å². The second kappa shape index (κ2) is 7.88. The fourth-order valence-electron chi connectivity index (χ4n) is 2.21. The molecule has 0 atom stereocenters. The van der Waals surface area contributed by atoms with Crippen LogP contribution >= 0.6 is 11.6 Å². The van der Waals surface area contributed by atoms with E-state index in [0.29, 0.717) is 11.6 Å². The molecule has 5 heteroatoms. The molecule has 2 amide bonds. The van der Waals surface area contributed by atoms with Gasteiger partial charge in [-0.3, -0.25) is 0 Å². The Morgan fingerprint density at radius 3 is 2.57 bits per heavy atom. The molecule has 0 bridgehead atoms. The van der Waals surface area contributed by atoms with Crippen LogP contribution in [0, 0.1) is 20.8 Å². The van der Waals surface area contributed by atoms with Crippen LogP contribution in [0.3, 0.4) is 0 Å². The summed E-state index contributed by atoms with van der Waals surface area (Å²) in [4.78, 5) is 11.8. The van der Waals surface area contributed by atoms with Crippen molar-refractivity contribution in [3.63, 3.8) is 0 Å². The number of benzene rings is 2. The summed E-state index contributed by atoms with van der Waals surface area (Å²) in [5.74, 6) is 0.820. The third-order valence-electron chi connectivity index (χ3n) is 3.66. The minimum absolute atomic E-state index is 0.118. The summed E-state index contributed by atoms with van der Waals surface area (Å²) < 4.78 is 5.70. The van der Waals surface area contributed by atoms with Crippen LogP contribution < -0.4 is 15.4 Å². The van der Waals surface area contributed by atoms with E-state index < -0.39 is 0 Å². The molecule has 0 aliphatic heterocycles. The highest BCUT2D eigenvalue weighted by molar-refractivity contribution is 6.30. The summed E-state index contributed by atoms with van der Waals surface area (Å²) in [5.41, 5.74) is 4.25. The fourth-order valence-corrected chi connectivity index (χ4v) is 2.43. The van der Waals surface area contributed by atoms with Gasteiger partial charge in [0.25, 0.3) is 0 Å². The number of hydrogen-bond donors (Lipinski definition) is 2. The number of ether oxygens (including phenoxy) is 1. The van der Waals surface area contributed by atoms with Crippen LogP contribution in [-0.2, 0) is 6.54 Å². The fraction of sp³-hybridized carbons (Fsp3) is 0.278. The van der Waals surface area contributed by atoms with E-state index in [1.54, 1.807) is 6.07 Å². The molecule has 0 radical (unpaired) electrons. The number of urea groups is 1. The van der Waals surface area contributed by atoms with Gasteiger partial charge in [-0.2, -0.15) is 0 Å². The molecule has 0 saturated carbocycles. The number of halogens is 1. The van der Waals surface area contributed by atoms with Crippen molar-refractivity contribution < 1.29 is 9.53 Å². The number of nitrogens with one attached hydrogen (secondary N) is 2. The zero-order valence-electron chi connectivity index (χ0n) is 13.6. The summed E-state index contributed by atoms with van der Waals surface area (Å²) in [7, 11) is 0. The highest BCUT2D eigenvalue weighted by Crippen LogP contribution is 2.25. The van der Waals surface area contributed by atoms with Gasteiger partial charge in [0.15, 0.2) is 6.73 Å². The van der Waals surface area contributed by atoms with E-state index in [2.05, 4.69) is 16.7 Å². The van der Waals surface area contributed by atoms with Crippen molar-refractivity contribution in [2.24, 2.45) is 0 Å². The van der Waals surface area contributed by atoms with Crippen molar-refractivity contribution >= 4 is 17.6 Å². The van der Waals surface area contributed by atoms with Gasteiger partial charge in [-0.1, -0.05) is 35.9 Å². The Morgan fingerprint density at radius 2 is 1.83 bits per heavy atom. The minimum atomic E-state index is -0.284. The summed E-state index contributed by atoms with van der Waals surface area (Å²) in [6.45, 7) is 6.56. The van der Waals surface area contributed by atoms with Crippen molar-refractivity contribution in [2.45, 2.75) is 27.3 Å². The number of hydrogen-bond acceptors (Lipinski definition) is 2. The van der Waals surface area contributed by atoms with Crippen LogP contribution in [-0.4, -0.2) is 12.8 Å². The molecular formula is C18H21ClN2O2. The van der Waals surface area contributed by atoms with Crippen LogP contribution in [0.2, 0.25) is 5.02 Å². The standard InChI is InChI=1S/C18H21ClN2O2/c1-12-7-8-13(2)17(14(12)3)23-11-21-18(22)20-10-15-5-4-6-16(19)9-15/h4-9H,10-11H2,1-3H3,(H2,20,21,22). The molecule has 2 aromatic rings. The Kier molecular flexibility index (Phi) is 5.88. The first-order valence-corrected chi connectivity index (χ1v) is 7.81. The second-order valence-corrected chi connectivity index (χ2v) is 5.87. The molecule has 4 nitrogen and oxygen atoms in total. The number of carbonyl (C=O) groups is 1. The smallest absolute Gasteiger partial charge is 0.317 e. The Bertz CT molecular complexity index is 701. The molecule has 0 aromatic heterocycles. The molecule has 0 heterocycles. The van der Waals surface area contributed by atoms with E-state index in [0.717, 1.165) is 28.0 Å². The van der Waals surface area contributed by atoms with E-state index in [-0.39, 0.29) is 12.8 Å². The van der Waals surface area contributed by atoms with Crippen molar-refractivity contribution in [3.05, 3.63) is 63.7 Å². The quantitative estimate of drug-likeness (QED) is 0.810. The molecule has 122 valence electrons. The van der Waals surface area contributed by atoms with E-state index in [1.165, 1.54) is 0 Å². The summed E-state index contributed by atoms with van der Waals surface area (Å²) in [6.07, 6.45) is 0. The third-order valence-corrected chi connectivity index (χ3v) is 3.90. The highest BCUT2D eigenvalue weighted by Gasteiger charge is 2.07. The molecule has 2 N–H and O–H groups in total. The van der Waals surface area contributed by atoms with E-state index in [9.17, 15) is 4.79 Å². The van der Waals surface area contributed by atoms with Gasteiger partial charge in [-0.25, -0.2) is 4.79 Å². The van der Waals surface area contributed by atoms with Crippen LogP contribution in [0.1, 0.15) is 22.3 Å². The Labute approximate surface area is 141 Å². The lowest BCUT2D eigenvalue weighted by molar-refractivity contribution is 0.223. The zero-order valence-corrected chi connectivity index (χ0v) is 14.3. The largest absolute Gasteiger partial charge is 0.473 e. The lowest BCUT2D eigenvalue weighted by atomic mass is 10.1. The number of aryl methyl sites for hydroxylation is 2. The monoisotopic (exact) mass is 332 g/mol. The molecular weight excluding hydrogens is 312 g/mol. The summed E-state index contributed by atoms with van der Waals surface area (Å²) in [5, 5.41) is 6.10. The SMILES string of the molecule is Cc1ccc(C)c(OCNC(=O)NCc2cccc(Cl)c2)c1C. The zero-order chi connectivity index (χ0) is 16.8. The normalized spacial score (nSPS) is 10.3. The Balaban J connectivity index is 1.80. The summed E-state index contributed by atoms with van der Waals surface area (Å²) in [6, 6.07) is 11.2. The molecule has 0 fully saturated rings. The van der Waals surface area contributed by atoms with Crippen molar-refractivity contribution in [2.75, 3.05) is 6.73 Å². The van der Waals surface area contributed by atoms with Crippen LogP contribution in [0.4, 0.5) is 4.79 Å². The molecule has 2 rings (SSSR count). The van der Waals surface area contributed by atoms with Gasteiger partial charge < -0.3 is 15.4 Å². The van der Waals surface area contributed by atoms with Crippen molar-refractivity contribution in [1.29, 1.82) is 0 Å². The maximum atomic E-state index is 11.8. The van der Waals surface area contributed by atoms with Crippen molar-refractivity contribution in [1.82, 2.24) is 10.6 Å². The molecule has 0 unspecified atom stereocenters. The van der Waals surface area contributed by atoms with Gasteiger partial charge in [0.05, 0.1) is 0 Å². The molecule has 0 spiro atoms. The van der Waals surface area contributed by atoms with Crippen LogP contribution in [0.25, 0.3) is 0 Å². The van der Waals surface area contributed by atoms with Crippen molar-refractivity contribution in [3.8, 4) is 5.75 Å². The van der Waals surface area contributed by atoms with Gasteiger partial charge >= 0.3 is 6.03 Å². The van der Waals surface area contributed by atoms with E-state index in [1.807, 2.05) is 45.0 Å². The van der Waals surface area contributed by atoms with Gasteiger partial charge in [-0.05, 0) is 55.2 Å². The van der Waals surface area contributed by atoms with Gasteiger partial charge in [-0.15, -0.1) is 0 Å². The highest BCUT2D eigenvalue weighted by atomic mass is 35.5. The lowest BCUT2D eigenvalue weighted by Crippen LogP contribution is -2.37. The number of amides is 2. The lowest BCUT2D eigenvalue weighted by Gasteiger charge is -2.14. The minimum Gasteiger partial charge on any atom is -0.473 e. The molecule has 0 aliphatic carbocycles. The number of carbonyl (C=O) groups excluding carboxylic acids is 1. The summed E-state index contributed by atoms with van der Waals surface area (Å²) >= 11 is 5.91. The Hall–Kier alpha value is -2.20. The molecule has 23 heavy (non-hydrogen) atoms. The van der Waals surface area contributed by atoms with E-state index >= 15 is 0 Å². The molecule has 0 saturated heterocycles. The van der Waals surface area contributed by atoms with Gasteiger partial charge in [0.2, 0.25) is 0 Å². The third kappa shape index (κ3) is 4.89. The van der Waals surface area contributed by atoms with Crippen LogP contribution in [0.15, 0.2) is 36.4 Å². The average molecular weight is 333 g/mol. The topological polar surface area (TPSA) is 50.4 Å². The van der Waals surface area contributed by atoms with Gasteiger partial charge in [0.1, 0.15) is 5.75 Å². The first-order chi connectivity index (χ1) is 11.0. The first-order valence-electron chi connectivity index (χ1n) is 7.43. The maximum absolute atomic E-state index is 11.8. The average Bonchev–Trinajstić information content (AvgIpc) is 2.52. The first kappa shape index (κ1) is 17.2. The predicted octanol–water partition coefficient (Wildman–Crippen LogP) is 4.10. The maximum Gasteiger partial charge on any atom is 0.317 e. The number of rotatable bonds is 5. The predicted molar refractivity (Wildman–Crippen MR) is 93.0 cm³/mol. The molecule has 0 aliphatic rings. The van der Waals surface area contributed by atoms with Crippen LogP contribution in [0.5, 0.6) is 5.75 Å². The Morgan fingerprint density at radius 1 is 1.09 bits per heavy atom.